The van der Waals surface area contributed by atoms with Gasteiger partial charge in [0.2, 0.25) is 17.5 Å². The number of nitrogens with one attached hydrogen (secondary N) is 2. The maximum absolute atomic E-state index is 14.5. The molecule has 5 heterocycles. The van der Waals surface area contributed by atoms with Gasteiger partial charge >= 0.3 is 0 Å². The number of aromatic amines is 1. The van der Waals surface area contributed by atoms with Crippen LogP contribution in [0.1, 0.15) is 77.3 Å². The zero-order valence-corrected chi connectivity index (χ0v) is 27.3. The number of fused-ring (bicyclic) bond motifs is 5. The summed E-state index contributed by atoms with van der Waals surface area (Å²) in [4.78, 5) is 51.2. The lowest BCUT2D eigenvalue weighted by molar-refractivity contribution is -0.322. The van der Waals surface area contributed by atoms with Crippen LogP contribution in [0.4, 0.5) is 0 Å². The van der Waals surface area contributed by atoms with E-state index in [-0.39, 0.29) is 29.7 Å². The molecule has 0 saturated carbocycles. The number of hydrogen-bond donors (Lipinski definition) is 3. The van der Waals surface area contributed by atoms with Crippen molar-refractivity contribution in [3.05, 3.63) is 29.5 Å². The number of H-pyrrole nitrogens is 1. The summed E-state index contributed by atoms with van der Waals surface area (Å²) in [5.74, 6) is -2.92. The molecule has 11 heteroatoms. The Kier molecular flexibility index (Phi) is 7.25. The van der Waals surface area contributed by atoms with E-state index >= 15 is 0 Å². The topological polar surface area (TPSA) is 127 Å². The second kappa shape index (κ2) is 10.7. The smallest absolute Gasteiger partial charge is 0.281 e. The molecule has 1 aromatic heterocycles. The summed E-state index contributed by atoms with van der Waals surface area (Å²) in [6, 6.07) is 2.75. The number of benzene rings is 1. The van der Waals surface area contributed by atoms with Crippen LogP contribution >= 0.6 is 0 Å². The van der Waals surface area contributed by atoms with Gasteiger partial charge in [-0.05, 0) is 69.7 Å². The molecule has 3 N–H and O–H groups in total. The van der Waals surface area contributed by atoms with Crippen LogP contribution in [-0.4, -0.2) is 99.0 Å². The quantitative estimate of drug-likeness (QED) is 0.434. The van der Waals surface area contributed by atoms with Gasteiger partial charge in [0.05, 0.1) is 12.5 Å². The SMILES string of the molecule is CCOc1ccc2[nH]cc3c2c1[C@H]1C[C@@H](C(=O)N[C@]2(C(C)C)O[C@@]4(O)[C@@H]5CCCN5C(=O)[C@H](CC(C)C)N4C2=O)CN(C)[C@@H]1C3. The normalized spacial score (nSPS) is 34.5. The fourth-order valence-corrected chi connectivity index (χ4v) is 8.96. The summed E-state index contributed by atoms with van der Waals surface area (Å²) in [5.41, 5.74) is 1.67. The molecule has 0 bridgehead atoms. The fourth-order valence-electron chi connectivity index (χ4n) is 8.96. The summed E-state index contributed by atoms with van der Waals surface area (Å²) >= 11 is 0. The van der Waals surface area contributed by atoms with Crippen molar-refractivity contribution in [3.8, 4) is 5.75 Å². The molecule has 4 saturated heterocycles. The number of aromatic nitrogens is 1. The molecule has 3 amide bonds. The van der Waals surface area contributed by atoms with Crippen LogP contribution in [-0.2, 0) is 25.5 Å². The largest absolute Gasteiger partial charge is 0.494 e. The van der Waals surface area contributed by atoms with Crippen LogP contribution in [0.3, 0.4) is 0 Å². The van der Waals surface area contributed by atoms with E-state index in [9.17, 15) is 19.5 Å². The highest BCUT2D eigenvalue weighted by molar-refractivity contribution is 5.98. The van der Waals surface area contributed by atoms with Gasteiger partial charge in [-0.3, -0.25) is 24.0 Å². The number of piperidine rings is 1. The predicted octanol–water partition coefficient (Wildman–Crippen LogP) is 2.92. The van der Waals surface area contributed by atoms with E-state index in [4.69, 9.17) is 9.47 Å². The molecule has 4 aliphatic heterocycles. The van der Waals surface area contributed by atoms with Crippen LogP contribution in [0.2, 0.25) is 0 Å². The third kappa shape index (κ3) is 4.36. The van der Waals surface area contributed by atoms with Crippen LogP contribution in [0, 0.1) is 17.8 Å². The highest BCUT2D eigenvalue weighted by Crippen LogP contribution is 2.50. The Morgan fingerprint density at radius 2 is 2.02 bits per heavy atom. The number of aliphatic hydroxyl groups is 1. The molecule has 1 aliphatic carbocycles. The molecule has 0 radical (unpaired) electrons. The zero-order chi connectivity index (χ0) is 32.0. The first-order valence-corrected chi connectivity index (χ1v) is 16.8. The molecule has 5 aliphatic rings. The molecular weight excluding hydrogens is 574 g/mol. The number of likely N-dealkylation sites (N-methyl/N-ethyl adjacent to an activating group) is 1. The zero-order valence-electron chi connectivity index (χ0n) is 27.3. The van der Waals surface area contributed by atoms with Crippen molar-refractivity contribution in [3.63, 3.8) is 0 Å². The molecule has 1 aromatic carbocycles. The third-order valence-corrected chi connectivity index (χ3v) is 11.1. The van der Waals surface area contributed by atoms with Crippen molar-refractivity contribution in [1.82, 2.24) is 25.0 Å². The Labute approximate surface area is 264 Å². The molecule has 7 rings (SSSR count). The molecule has 11 nitrogen and oxygen atoms in total. The lowest BCUT2D eigenvalue weighted by Crippen LogP contribution is -2.71. The first-order chi connectivity index (χ1) is 21.4. The van der Waals surface area contributed by atoms with Gasteiger partial charge in [-0.1, -0.05) is 27.7 Å². The summed E-state index contributed by atoms with van der Waals surface area (Å²) < 4.78 is 12.6. The third-order valence-electron chi connectivity index (χ3n) is 11.1. The minimum absolute atomic E-state index is 0.0545. The van der Waals surface area contributed by atoms with Gasteiger partial charge in [-0.25, -0.2) is 0 Å². The summed E-state index contributed by atoms with van der Waals surface area (Å²) in [6.07, 6.45) is 5.19. The van der Waals surface area contributed by atoms with E-state index in [0.29, 0.717) is 39.0 Å². The average molecular weight is 622 g/mol. The van der Waals surface area contributed by atoms with Crippen molar-refractivity contribution in [2.75, 3.05) is 26.7 Å². The standard InChI is InChI=1S/C34H47N5O6/c1-7-44-26-11-10-23-28-20(16-35-23)15-24-22(29(26)28)14-21(17-37(24)6)30(40)36-33(19(4)5)32(42)39-25(13-18(2)3)31(41)38-12-8-9-27(38)34(39,43)45-33/h10-11,16,18-19,21-22,24-25,27,35,43H,7-9,12-15,17H2,1-6H3,(H,36,40)/t21-,22+,24-,25+,27+,33-,34+/m1/s1. The molecule has 45 heavy (non-hydrogen) atoms. The number of carbonyl (C=O) groups is 3. The minimum Gasteiger partial charge on any atom is -0.494 e. The Hall–Kier alpha value is -3.15. The van der Waals surface area contributed by atoms with Crippen molar-refractivity contribution < 1.29 is 29.0 Å². The van der Waals surface area contributed by atoms with E-state index < -0.39 is 41.5 Å². The summed E-state index contributed by atoms with van der Waals surface area (Å²) in [6.45, 7) is 11.2. The van der Waals surface area contributed by atoms with Crippen molar-refractivity contribution in [2.45, 2.75) is 102 Å². The maximum atomic E-state index is 14.5. The number of ether oxygens (including phenoxy) is 2. The Morgan fingerprint density at radius 1 is 1.24 bits per heavy atom. The molecule has 244 valence electrons. The second-order valence-corrected chi connectivity index (χ2v) is 14.5. The average Bonchev–Trinajstić information content (AvgIpc) is 3.70. The number of nitrogens with zero attached hydrogens (tertiary/aromatic N) is 3. The van der Waals surface area contributed by atoms with Crippen LogP contribution in [0.25, 0.3) is 10.9 Å². The number of piperazine rings is 1. The highest BCUT2D eigenvalue weighted by atomic mass is 16.7. The molecule has 2 aromatic rings. The number of carbonyl (C=O) groups excluding carboxylic acids is 3. The fraction of sp³-hybridized carbons (Fsp3) is 0.676. The van der Waals surface area contributed by atoms with Crippen LogP contribution in [0.15, 0.2) is 18.3 Å². The molecule has 4 fully saturated rings. The lowest BCUT2D eigenvalue weighted by Gasteiger charge is -2.49. The van der Waals surface area contributed by atoms with Gasteiger partial charge in [-0.2, -0.15) is 0 Å². The number of rotatable bonds is 7. The monoisotopic (exact) mass is 621 g/mol. The van der Waals surface area contributed by atoms with Gasteiger partial charge in [0.15, 0.2) is 0 Å². The maximum Gasteiger partial charge on any atom is 0.281 e. The number of hydrogen-bond acceptors (Lipinski definition) is 7. The lowest BCUT2D eigenvalue weighted by atomic mass is 9.72. The first kappa shape index (κ1) is 30.5. The van der Waals surface area contributed by atoms with Gasteiger partial charge in [0.25, 0.3) is 11.8 Å². The van der Waals surface area contributed by atoms with Gasteiger partial charge in [0.1, 0.15) is 17.8 Å². The van der Waals surface area contributed by atoms with E-state index in [1.54, 1.807) is 4.90 Å². The minimum atomic E-state index is -2.01. The van der Waals surface area contributed by atoms with Crippen LogP contribution < -0.4 is 10.1 Å². The molecule has 7 atom stereocenters. The molecule has 0 unspecified atom stereocenters. The van der Waals surface area contributed by atoms with E-state index in [1.807, 2.05) is 40.7 Å². The number of amides is 3. The van der Waals surface area contributed by atoms with E-state index in [1.165, 1.54) is 15.8 Å². The van der Waals surface area contributed by atoms with Crippen molar-refractivity contribution in [1.29, 1.82) is 0 Å². The van der Waals surface area contributed by atoms with E-state index in [0.717, 1.165) is 29.7 Å². The Balaban J connectivity index is 1.22. The van der Waals surface area contributed by atoms with Gasteiger partial charge < -0.3 is 29.9 Å². The Morgan fingerprint density at radius 3 is 2.73 bits per heavy atom. The van der Waals surface area contributed by atoms with Gasteiger partial charge in [0, 0.05) is 53.6 Å². The first-order valence-electron chi connectivity index (χ1n) is 16.8. The predicted molar refractivity (Wildman–Crippen MR) is 167 cm³/mol. The van der Waals surface area contributed by atoms with Crippen LogP contribution in [0.5, 0.6) is 5.75 Å². The van der Waals surface area contributed by atoms with Gasteiger partial charge in [-0.15, -0.1) is 0 Å². The van der Waals surface area contributed by atoms with E-state index in [2.05, 4.69) is 34.5 Å². The molecular formula is C34H47N5O6. The second-order valence-electron chi connectivity index (χ2n) is 14.5. The highest BCUT2D eigenvalue weighted by Gasteiger charge is 2.72. The number of likely N-dealkylation sites (tertiary alicyclic amines) is 1. The van der Waals surface area contributed by atoms with Crippen molar-refractivity contribution in [2.24, 2.45) is 17.8 Å². The summed E-state index contributed by atoms with van der Waals surface area (Å²) in [7, 11) is 2.06. The molecule has 0 spiro atoms. The Bertz CT molecular complexity index is 1540. The summed E-state index contributed by atoms with van der Waals surface area (Å²) in [5, 5.41) is 16.4. The van der Waals surface area contributed by atoms with Crippen molar-refractivity contribution >= 4 is 28.6 Å².